The Bertz CT molecular complexity index is 1960. The number of para-hydroxylation sites is 4. The third kappa shape index (κ3) is 3.07. The van der Waals surface area contributed by atoms with Crippen molar-refractivity contribution in [3.8, 4) is 17.3 Å². The van der Waals surface area contributed by atoms with Crippen LogP contribution in [0.15, 0.2) is 115 Å². The van der Waals surface area contributed by atoms with E-state index >= 15 is 0 Å². The molecule has 4 aromatic heterocycles. The summed E-state index contributed by atoms with van der Waals surface area (Å²) in [7, 11) is 4.28. The monoisotopic (exact) mass is 482 g/mol. The fourth-order valence-electron chi connectivity index (χ4n) is 5.81. The zero-order valence-corrected chi connectivity index (χ0v) is 21.2. The Hall–Kier alpha value is -4.77. The van der Waals surface area contributed by atoms with E-state index in [1.165, 1.54) is 27.3 Å². The zero-order chi connectivity index (χ0) is 25.1. The largest absolute Gasteiger partial charge is 0.348 e. The van der Waals surface area contributed by atoms with Crippen molar-refractivity contribution in [2.24, 2.45) is 14.1 Å². The van der Waals surface area contributed by atoms with Gasteiger partial charge in [0.25, 0.3) is 5.82 Å². The normalized spacial score (nSPS) is 11.6. The minimum atomic E-state index is 1.11. The number of fused-ring (bicyclic) bond motifs is 4. The van der Waals surface area contributed by atoms with Crippen LogP contribution in [0.25, 0.3) is 50.3 Å². The summed E-state index contributed by atoms with van der Waals surface area (Å²) in [4.78, 5) is 0. The third-order valence-corrected chi connectivity index (χ3v) is 7.46. The number of hydrogen-bond donors (Lipinski definition) is 0. The van der Waals surface area contributed by atoms with Gasteiger partial charge in [0.2, 0.25) is 11.0 Å². The van der Waals surface area contributed by atoms with Crippen LogP contribution in [0.4, 0.5) is 0 Å². The molecule has 3 aromatic carbocycles. The van der Waals surface area contributed by atoms with Crippen LogP contribution in [0.1, 0.15) is 5.82 Å². The SMILES string of the molecule is Cc1n(-c2ccccc2)c2ccccc2[n+]1-c1ccc2c3ccccc3n(-c3cccc[n+]3C)c2[n+]1C. The minimum absolute atomic E-state index is 1.11. The van der Waals surface area contributed by atoms with E-state index in [1.807, 2.05) is 0 Å². The van der Waals surface area contributed by atoms with Gasteiger partial charge in [0.05, 0.1) is 25.6 Å². The number of imidazole rings is 1. The highest BCUT2D eigenvalue weighted by molar-refractivity contribution is 6.06. The first-order chi connectivity index (χ1) is 18.1. The Kier molecular flexibility index (Phi) is 4.73. The average molecular weight is 483 g/mol. The second-order valence-corrected chi connectivity index (χ2v) is 9.55. The summed E-state index contributed by atoms with van der Waals surface area (Å²) < 4.78 is 11.6. The van der Waals surface area contributed by atoms with Crippen molar-refractivity contribution in [2.45, 2.75) is 6.92 Å². The molecule has 7 aromatic rings. The predicted molar refractivity (Wildman–Crippen MR) is 146 cm³/mol. The van der Waals surface area contributed by atoms with E-state index in [1.54, 1.807) is 0 Å². The first kappa shape index (κ1) is 21.5. The highest BCUT2D eigenvalue weighted by Gasteiger charge is 2.34. The number of aromatic nitrogens is 5. The van der Waals surface area contributed by atoms with Crippen molar-refractivity contribution in [3.05, 3.63) is 121 Å². The summed E-state index contributed by atoms with van der Waals surface area (Å²) in [6.07, 6.45) is 2.10. The lowest BCUT2D eigenvalue weighted by Crippen LogP contribution is -2.49. The van der Waals surface area contributed by atoms with Crippen LogP contribution in [0.5, 0.6) is 0 Å². The van der Waals surface area contributed by atoms with Gasteiger partial charge >= 0.3 is 17.3 Å². The topological polar surface area (TPSA) is 21.5 Å². The summed E-state index contributed by atoms with van der Waals surface area (Å²) in [6.45, 7) is 2.20. The molecule has 0 aliphatic rings. The first-order valence-corrected chi connectivity index (χ1v) is 12.6. The number of nitrogens with zero attached hydrogens (tertiary/aromatic N) is 5. The molecule has 37 heavy (non-hydrogen) atoms. The fourth-order valence-corrected chi connectivity index (χ4v) is 5.81. The van der Waals surface area contributed by atoms with Gasteiger partial charge < -0.3 is 0 Å². The molecule has 0 N–H and O–H groups in total. The Balaban J connectivity index is 1.61. The molecule has 5 nitrogen and oxygen atoms in total. The van der Waals surface area contributed by atoms with Gasteiger partial charge in [0.15, 0.2) is 5.69 Å². The molecule has 0 aliphatic heterocycles. The van der Waals surface area contributed by atoms with Gasteiger partial charge in [-0.15, -0.1) is 9.13 Å². The molecule has 0 radical (unpaired) electrons. The molecule has 0 spiro atoms. The molecule has 0 saturated carbocycles. The molecular formula is C32H28N5+3. The van der Waals surface area contributed by atoms with Crippen molar-refractivity contribution in [2.75, 3.05) is 0 Å². The summed E-state index contributed by atoms with van der Waals surface area (Å²) in [5, 5.41) is 2.48. The van der Waals surface area contributed by atoms with E-state index in [4.69, 9.17) is 0 Å². The van der Waals surface area contributed by atoms with Crippen molar-refractivity contribution >= 4 is 33.0 Å². The molecule has 0 bridgehead atoms. The maximum absolute atomic E-state index is 2.38. The van der Waals surface area contributed by atoms with E-state index in [-0.39, 0.29) is 0 Å². The zero-order valence-electron chi connectivity index (χ0n) is 21.2. The third-order valence-electron chi connectivity index (χ3n) is 7.46. The molecule has 0 fully saturated rings. The standard InChI is InChI=1S/C32H28N5/c1-23-35(24-13-5-4-6-14-24)28-17-9-10-18-29(28)36(23)31-21-20-26-25-15-7-8-16-27(25)37(32(26)34(31)3)30-19-11-12-22-33(30)2/h4-22H,1-3H3/q+3. The predicted octanol–water partition coefficient (Wildman–Crippen LogP) is 4.96. The Morgan fingerprint density at radius 1 is 0.595 bits per heavy atom. The second-order valence-electron chi connectivity index (χ2n) is 9.55. The first-order valence-electron chi connectivity index (χ1n) is 12.6. The maximum Gasteiger partial charge on any atom is 0.348 e. The summed E-state index contributed by atoms with van der Waals surface area (Å²) in [5.74, 6) is 3.38. The van der Waals surface area contributed by atoms with Gasteiger partial charge in [-0.1, -0.05) is 48.5 Å². The van der Waals surface area contributed by atoms with E-state index in [9.17, 15) is 0 Å². The smallest absolute Gasteiger partial charge is 0.236 e. The fraction of sp³-hybridized carbons (Fsp3) is 0.0938. The van der Waals surface area contributed by atoms with Crippen LogP contribution in [0.3, 0.4) is 0 Å². The molecule has 178 valence electrons. The maximum atomic E-state index is 2.38. The molecule has 7 rings (SSSR count). The second kappa shape index (κ2) is 8.14. The van der Waals surface area contributed by atoms with Crippen molar-refractivity contribution in [1.82, 2.24) is 9.13 Å². The van der Waals surface area contributed by atoms with Crippen LogP contribution < -0.4 is 13.7 Å². The molecule has 0 aliphatic carbocycles. The Morgan fingerprint density at radius 3 is 2.11 bits per heavy atom. The van der Waals surface area contributed by atoms with E-state index in [2.05, 4.69) is 159 Å². The Morgan fingerprint density at radius 2 is 1.30 bits per heavy atom. The van der Waals surface area contributed by atoms with Crippen LogP contribution >= 0.6 is 0 Å². The van der Waals surface area contributed by atoms with Crippen LogP contribution in [-0.2, 0) is 14.1 Å². The van der Waals surface area contributed by atoms with Gasteiger partial charge in [0.1, 0.15) is 12.6 Å². The molecular weight excluding hydrogens is 454 g/mol. The van der Waals surface area contributed by atoms with E-state index in [0.29, 0.717) is 0 Å². The number of hydrogen-bond acceptors (Lipinski definition) is 0. The number of aryl methyl sites for hydroxylation is 2. The summed E-state index contributed by atoms with van der Waals surface area (Å²) in [6, 6.07) is 38.8. The van der Waals surface area contributed by atoms with Gasteiger partial charge in [-0.3, -0.25) is 0 Å². The van der Waals surface area contributed by atoms with Crippen molar-refractivity contribution in [1.29, 1.82) is 0 Å². The number of rotatable bonds is 3. The molecule has 4 heterocycles. The van der Waals surface area contributed by atoms with Crippen LogP contribution in [0.2, 0.25) is 0 Å². The Labute approximate surface area is 215 Å². The number of pyridine rings is 2. The van der Waals surface area contributed by atoms with Crippen molar-refractivity contribution < 1.29 is 13.7 Å². The highest BCUT2D eigenvalue weighted by Crippen LogP contribution is 2.30. The van der Waals surface area contributed by atoms with Gasteiger partial charge in [-0.05, 0) is 48.5 Å². The molecule has 0 saturated heterocycles. The summed E-state index contributed by atoms with van der Waals surface area (Å²) in [5.41, 5.74) is 5.86. The minimum Gasteiger partial charge on any atom is -0.236 e. The number of benzene rings is 3. The van der Waals surface area contributed by atoms with E-state index in [0.717, 1.165) is 28.8 Å². The van der Waals surface area contributed by atoms with Crippen molar-refractivity contribution in [3.63, 3.8) is 0 Å². The molecule has 0 unspecified atom stereocenters. The van der Waals surface area contributed by atoms with Crippen LogP contribution in [-0.4, -0.2) is 9.13 Å². The lowest BCUT2D eigenvalue weighted by molar-refractivity contribution is -0.757. The quantitative estimate of drug-likeness (QED) is 0.318. The highest BCUT2D eigenvalue weighted by atomic mass is 15.3. The molecule has 0 atom stereocenters. The van der Waals surface area contributed by atoms with Crippen LogP contribution in [0, 0.1) is 6.92 Å². The van der Waals surface area contributed by atoms with Gasteiger partial charge in [-0.25, -0.2) is 4.57 Å². The molecule has 5 heteroatoms. The average Bonchev–Trinajstić information content (AvgIpc) is 3.42. The van der Waals surface area contributed by atoms with Gasteiger partial charge in [0, 0.05) is 17.5 Å². The summed E-state index contributed by atoms with van der Waals surface area (Å²) >= 11 is 0. The lowest BCUT2D eigenvalue weighted by atomic mass is 10.2. The lowest BCUT2D eigenvalue weighted by Gasteiger charge is -2.04. The van der Waals surface area contributed by atoms with Gasteiger partial charge in [-0.2, -0.15) is 9.13 Å². The van der Waals surface area contributed by atoms with E-state index < -0.39 is 0 Å². The molecule has 0 amide bonds.